The molecule has 0 spiro atoms. The van der Waals surface area contributed by atoms with Crippen LogP contribution >= 0.6 is 0 Å². The molecule has 0 radical (unpaired) electrons. The van der Waals surface area contributed by atoms with Crippen molar-refractivity contribution in [2.75, 3.05) is 32.8 Å². The number of hydrogen-bond donors (Lipinski definition) is 1. The van der Waals surface area contributed by atoms with Gasteiger partial charge in [0.15, 0.2) is 0 Å². The molecule has 0 bridgehead atoms. The summed E-state index contributed by atoms with van der Waals surface area (Å²) in [5.41, 5.74) is -0.0351. The van der Waals surface area contributed by atoms with E-state index in [0.717, 1.165) is 5.56 Å². The first-order valence-electron chi connectivity index (χ1n) is 9.35. The number of hydrogen-bond acceptors (Lipinski definition) is 5. The summed E-state index contributed by atoms with van der Waals surface area (Å²) in [5, 5.41) is 3.95. The summed E-state index contributed by atoms with van der Waals surface area (Å²) in [7, 11) is -3.51. The van der Waals surface area contributed by atoms with Gasteiger partial charge in [0.2, 0.25) is 10.0 Å². The predicted octanol–water partition coefficient (Wildman–Crippen LogP) is 1.28. The van der Waals surface area contributed by atoms with E-state index in [9.17, 15) is 18.0 Å². The minimum atomic E-state index is -3.51. The number of rotatable bonds is 6. The van der Waals surface area contributed by atoms with E-state index in [1.807, 2.05) is 42.2 Å². The Bertz CT molecular complexity index is 863. The van der Waals surface area contributed by atoms with Gasteiger partial charge in [-0.1, -0.05) is 37.3 Å². The molecule has 1 N–H and O–H groups in total. The molecule has 3 amide bonds. The zero-order chi connectivity index (χ0) is 20.4. The van der Waals surface area contributed by atoms with Crippen molar-refractivity contribution < 1.29 is 18.0 Å². The predicted molar refractivity (Wildman–Crippen MR) is 106 cm³/mol. The molecule has 0 aliphatic carbocycles. The highest BCUT2D eigenvalue weighted by atomic mass is 32.2. The van der Waals surface area contributed by atoms with E-state index in [4.69, 9.17) is 0 Å². The van der Waals surface area contributed by atoms with Gasteiger partial charge in [-0.3, -0.25) is 9.69 Å². The Morgan fingerprint density at radius 3 is 2.32 bits per heavy atom. The molecule has 1 aromatic carbocycles. The van der Waals surface area contributed by atoms with Gasteiger partial charge in [-0.15, -0.1) is 0 Å². The highest BCUT2D eigenvalue weighted by Gasteiger charge is 2.47. The lowest BCUT2D eigenvalue weighted by Crippen LogP contribution is -2.52. The van der Waals surface area contributed by atoms with Crippen molar-refractivity contribution in [2.24, 2.45) is 0 Å². The molecule has 28 heavy (non-hydrogen) atoms. The first-order valence-corrected chi connectivity index (χ1v) is 10.9. The summed E-state index contributed by atoms with van der Waals surface area (Å²) < 4.78 is 26.5. The van der Waals surface area contributed by atoms with Crippen LogP contribution in [0.3, 0.4) is 0 Å². The maximum absolute atomic E-state index is 12.5. The van der Waals surface area contributed by atoms with Gasteiger partial charge >= 0.3 is 6.03 Å². The van der Waals surface area contributed by atoms with Gasteiger partial charge in [0.05, 0.1) is 6.67 Å². The smallest absolute Gasteiger partial charge is 0.323 e. The fourth-order valence-electron chi connectivity index (χ4n) is 3.26. The zero-order valence-electron chi connectivity index (χ0n) is 16.2. The van der Waals surface area contributed by atoms with Crippen LogP contribution in [-0.4, -0.2) is 72.8 Å². The summed E-state index contributed by atoms with van der Waals surface area (Å²) >= 11 is 0. The van der Waals surface area contributed by atoms with Crippen LogP contribution in [0.25, 0.3) is 6.08 Å². The number of benzene rings is 1. The quantitative estimate of drug-likeness (QED) is 0.719. The molecule has 0 saturated carbocycles. The van der Waals surface area contributed by atoms with Crippen LogP contribution in [0.1, 0.15) is 25.8 Å². The second-order valence-corrected chi connectivity index (χ2v) is 9.08. The third-order valence-electron chi connectivity index (χ3n) is 5.32. The van der Waals surface area contributed by atoms with Crippen LogP contribution in [0.4, 0.5) is 4.79 Å². The number of nitrogens with one attached hydrogen (secondary N) is 1. The normalized spacial score (nSPS) is 24.9. The maximum atomic E-state index is 12.5. The van der Waals surface area contributed by atoms with E-state index < -0.39 is 21.6 Å². The first-order chi connectivity index (χ1) is 13.2. The van der Waals surface area contributed by atoms with Crippen LogP contribution in [0.15, 0.2) is 35.7 Å². The molecular formula is C19H26N4O4S. The summed E-state index contributed by atoms with van der Waals surface area (Å²) in [4.78, 5) is 27.7. The molecule has 1 atom stereocenters. The fraction of sp³-hybridized carbons (Fsp3) is 0.474. The summed E-state index contributed by atoms with van der Waals surface area (Å²) in [5.74, 6) is -0.235. The van der Waals surface area contributed by atoms with Crippen LogP contribution in [0.5, 0.6) is 0 Å². The number of urea groups is 1. The number of sulfonamides is 1. The minimum absolute atomic E-state index is 0.175. The van der Waals surface area contributed by atoms with Gasteiger partial charge in [0.1, 0.15) is 5.54 Å². The Labute approximate surface area is 165 Å². The molecule has 152 valence electrons. The Balaban J connectivity index is 1.56. The average Bonchev–Trinajstić information content (AvgIpc) is 2.91. The van der Waals surface area contributed by atoms with E-state index in [2.05, 4.69) is 5.32 Å². The third kappa shape index (κ3) is 4.26. The van der Waals surface area contributed by atoms with Crippen molar-refractivity contribution in [3.05, 3.63) is 41.3 Å². The number of amides is 3. The monoisotopic (exact) mass is 406 g/mol. The van der Waals surface area contributed by atoms with Crippen molar-refractivity contribution in [1.29, 1.82) is 0 Å². The topological polar surface area (TPSA) is 90.0 Å². The van der Waals surface area contributed by atoms with Crippen molar-refractivity contribution in [3.63, 3.8) is 0 Å². The molecule has 8 nitrogen and oxygen atoms in total. The molecule has 0 aromatic heterocycles. The van der Waals surface area contributed by atoms with E-state index in [1.165, 1.54) is 14.6 Å². The van der Waals surface area contributed by atoms with E-state index in [1.54, 1.807) is 13.0 Å². The van der Waals surface area contributed by atoms with E-state index in [-0.39, 0.29) is 12.6 Å². The van der Waals surface area contributed by atoms with Crippen LogP contribution in [0.2, 0.25) is 0 Å². The Hall–Kier alpha value is -2.23. The molecule has 2 aliphatic heterocycles. The lowest BCUT2D eigenvalue weighted by atomic mass is 10.00. The van der Waals surface area contributed by atoms with Gasteiger partial charge in [0, 0.05) is 31.6 Å². The standard InChI is InChI=1S/C19H26N4O4S/c1-3-19(2)17(24)23(18(25)20-19)15-21-10-12-22(13-11-21)28(26,27)14-9-16-7-5-4-6-8-16/h4-9,14H,3,10-13,15H2,1-2H3,(H,20,25)/b14-9+. The molecule has 3 rings (SSSR count). The Morgan fingerprint density at radius 2 is 1.75 bits per heavy atom. The van der Waals surface area contributed by atoms with Crippen molar-refractivity contribution >= 4 is 28.0 Å². The van der Waals surface area contributed by atoms with Gasteiger partial charge in [-0.05, 0) is 25.0 Å². The minimum Gasteiger partial charge on any atom is -0.323 e. The third-order valence-corrected chi connectivity index (χ3v) is 6.88. The molecule has 1 unspecified atom stereocenters. The SMILES string of the molecule is CCC1(C)NC(=O)N(CN2CCN(S(=O)(=O)/C=C/c3ccccc3)CC2)C1=O. The van der Waals surface area contributed by atoms with Crippen molar-refractivity contribution in [2.45, 2.75) is 25.8 Å². The van der Waals surface area contributed by atoms with E-state index >= 15 is 0 Å². The van der Waals surface area contributed by atoms with E-state index in [0.29, 0.717) is 32.6 Å². The Kier molecular flexibility index (Phi) is 5.87. The molecule has 9 heteroatoms. The second-order valence-electron chi connectivity index (χ2n) is 7.27. The van der Waals surface area contributed by atoms with Crippen LogP contribution in [-0.2, 0) is 14.8 Å². The number of piperazine rings is 1. The summed E-state index contributed by atoms with van der Waals surface area (Å²) in [6.07, 6.45) is 2.11. The lowest BCUT2D eigenvalue weighted by Gasteiger charge is -2.34. The number of imide groups is 1. The van der Waals surface area contributed by atoms with Gasteiger partial charge < -0.3 is 5.32 Å². The average molecular weight is 407 g/mol. The summed E-state index contributed by atoms with van der Waals surface area (Å²) in [6.45, 7) is 5.29. The van der Waals surface area contributed by atoms with Crippen molar-refractivity contribution in [3.8, 4) is 0 Å². The number of nitrogens with zero attached hydrogens (tertiary/aromatic N) is 3. The Morgan fingerprint density at radius 1 is 1.11 bits per heavy atom. The number of carbonyl (C=O) groups is 2. The second kappa shape index (κ2) is 8.02. The zero-order valence-corrected chi connectivity index (χ0v) is 17.0. The maximum Gasteiger partial charge on any atom is 0.326 e. The molecular weight excluding hydrogens is 380 g/mol. The molecule has 2 saturated heterocycles. The first kappa shape index (κ1) is 20.5. The highest BCUT2D eigenvalue weighted by Crippen LogP contribution is 2.21. The van der Waals surface area contributed by atoms with Gasteiger partial charge in [-0.25, -0.2) is 18.1 Å². The molecule has 2 fully saturated rings. The largest absolute Gasteiger partial charge is 0.326 e. The highest BCUT2D eigenvalue weighted by molar-refractivity contribution is 7.92. The van der Waals surface area contributed by atoms with Gasteiger partial charge in [0.25, 0.3) is 5.91 Å². The molecule has 1 aromatic rings. The van der Waals surface area contributed by atoms with Crippen molar-refractivity contribution in [1.82, 2.24) is 19.4 Å². The lowest BCUT2D eigenvalue weighted by molar-refractivity contribution is -0.132. The summed E-state index contributed by atoms with van der Waals surface area (Å²) in [6, 6.07) is 8.86. The molecule has 2 aliphatic rings. The fourth-order valence-corrected chi connectivity index (χ4v) is 4.43. The van der Waals surface area contributed by atoms with Crippen LogP contribution < -0.4 is 5.32 Å². The van der Waals surface area contributed by atoms with Gasteiger partial charge in [-0.2, -0.15) is 4.31 Å². The van der Waals surface area contributed by atoms with Crippen LogP contribution in [0, 0.1) is 0 Å². The molecule has 2 heterocycles. The number of carbonyl (C=O) groups excluding carboxylic acids is 2.